The Balaban J connectivity index is 1.08. The van der Waals surface area contributed by atoms with Gasteiger partial charge >= 0.3 is 12.1 Å². The first-order valence-corrected chi connectivity index (χ1v) is 15.8. The molecular formula is C41H36N4O2. The number of hydrogen-bond acceptors (Lipinski definition) is 2. The first kappa shape index (κ1) is 29.8. The number of rotatable bonds is 6. The molecular weight excluding hydrogens is 580 g/mol. The second kappa shape index (κ2) is 12.5. The lowest BCUT2D eigenvalue weighted by molar-refractivity contribution is 0.220. The number of nitrogens with one attached hydrogen (secondary N) is 2. The monoisotopic (exact) mass is 616 g/mol. The zero-order valence-corrected chi connectivity index (χ0v) is 26.7. The lowest BCUT2D eigenvalue weighted by Gasteiger charge is -2.23. The van der Waals surface area contributed by atoms with E-state index in [1.165, 1.54) is 0 Å². The number of amides is 4. The molecule has 47 heavy (non-hydrogen) atoms. The van der Waals surface area contributed by atoms with Crippen molar-refractivity contribution in [3.8, 4) is 0 Å². The van der Waals surface area contributed by atoms with Gasteiger partial charge in [-0.05, 0) is 91.0 Å². The summed E-state index contributed by atoms with van der Waals surface area (Å²) in [7, 11) is 3.61. The van der Waals surface area contributed by atoms with Crippen molar-refractivity contribution >= 4 is 66.5 Å². The topological polar surface area (TPSA) is 64.7 Å². The van der Waals surface area contributed by atoms with Gasteiger partial charge in [0.25, 0.3) is 0 Å². The van der Waals surface area contributed by atoms with Crippen LogP contribution in [0.2, 0.25) is 0 Å². The van der Waals surface area contributed by atoms with Crippen molar-refractivity contribution in [1.29, 1.82) is 0 Å². The second-order valence-corrected chi connectivity index (χ2v) is 12.1. The number of benzene rings is 7. The van der Waals surface area contributed by atoms with Crippen molar-refractivity contribution < 1.29 is 9.59 Å². The molecule has 6 heteroatoms. The fraction of sp³-hybridized carbons (Fsp3) is 0.122. The van der Waals surface area contributed by atoms with Crippen LogP contribution in [-0.4, -0.2) is 36.0 Å². The fourth-order valence-electron chi connectivity index (χ4n) is 6.50. The largest absolute Gasteiger partial charge is 0.323 e. The van der Waals surface area contributed by atoms with Crippen LogP contribution in [0.25, 0.3) is 43.1 Å². The maximum Gasteiger partial charge on any atom is 0.321 e. The summed E-state index contributed by atoms with van der Waals surface area (Å²) in [4.78, 5) is 30.4. The highest BCUT2D eigenvalue weighted by Crippen LogP contribution is 2.31. The molecule has 0 aromatic heterocycles. The molecule has 0 radical (unpaired) electrons. The van der Waals surface area contributed by atoms with Gasteiger partial charge in [0.2, 0.25) is 0 Å². The van der Waals surface area contributed by atoms with Crippen LogP contribution < -0.4 is 10.6 Å². The number of nitrogens with zero attached hydrogens (tertiary/aromatic N) is 2. The molecule has 232 valence electrons. The van der Waals surface area contributed by atoms with E-state index < -0.39 is 0 Å². The summed E-state index contributed by atoms with van der Waals surface area (Å²) < 4.78 is 0. The minimum Gasteiger partial charge on any atom is -0.323 e. The van der Waals surface area contributed by atoms with E-state index in [0.29, 0.717) is 24.5 Å². The van der Waals surface area contributed by atoms with E-state index in [9.17, 15) is 9.59 Å². The summed E-state index contributed by atoms with van der Waals surface area (Å²) >= 11 is 0. The van der Waals surface area contributed by atoms with E-state index in [2.05, 4.69) is 71.3 Å². The maximum absolute atomic E-state index is 13.5. The molecule has 0 saturated carbocycles. The van der Waals surface area contributed by atoms with Gasteiger partial charge in [0.05, 0.1) is 0 Å². The lowest BCUT2D eigenvalue weighted by Crippen LogP contribution is -2.32. The number of carbonyl (C=O) groups is 2. The molecule has 7 rings (SSSR count). The molecule has 0 aliphatic heterocycles. The molecule has 0 atom stereocenters. The van der Waals surface area contributed by atoms with E-state index in [-0.39, 0.29) is 12.1 Å². The number of anilines is 2. The van der Waals surface area contributed by atoms with Gasteiger partial charge in [-0.2, -0.15) is 0 Å². The summed E-state index contributed by atoms with van der Waals surface area (Å²) in [6.45, 7) is 2.79. The molecule has 0 aliphatic carbocycles. The third-order valence-electron chi connectivity index (χ3n) is 9.07. The highest BCUT2D eigenvalue weighted by atomic mass is 16.2. The quantitative estimate of drug-likeness (QED) is 0.183. The van der Waals surface area contributed by atoms with Gasteiger partial charge in [0.15, 0.2) is 0 Å². The van der Waals surface area contributed by atoms with Gasteiger partial charge < -0.3 is 20.4 Å². The van der Waals surface area contributed by atoms with Crippen molar-refractivity contribution in [2.75, 3.05) is 24.7 Å². The zero-order valence-electron chi connectivity index (χ0n) is 26.7. The molecule has 0 fully saturated rings. The van der Waals surface area contributed by atoms with E-state index in [1.54, 1.807) is 23.9 Å². The summed E-state index contributed by atoms with van der Waals surface area (Å²) in [5.74, 6) is 0. The Kier molecular flexibility index (Phi) is 7.92. The van der Waals surface area contributed by atoms with E-state index >= 15 is 0 Å². The van der Waals surface area contributed by atoms with Crippen LogP contribution >= 0.6 is 0 Å². The molecule has 7 aromatic carbocycles. The van der Waals surface area contributed by atoms with Gasteiger partial charge in [-0.15, -0.1) is 0 Å². The van der Waals surface area contributed by atoms with Crippen molar-refractivity contribution in [1.82, 2.24) is 9.80 Å². The summed E-state index contributed by atoms with van der Waals surface area (Å²) in [6.07, 6.45) is 0. The zero-order chi connectivity index (χ0) is 32.5. The van der Waals surface area contributed by atoms with Crippen LogP contribution in [0.3, 0.4) is 0 Å². The Hall–Kier alpha value is -5.88. The highest BCUT2D eigenvalue weighted by molar-refractivity contribution is 6.04. The van der Waals surface area contributed by atoms with Crippen LogP contribution in [0.5, 0.6) is 0 Å². The summed E-state index contributed by atoms with van der Waals surface area (Å²) in [5.41, 5.74) is 4.28. The Bertz CT molecular complexity index is 2040. The lowest BCUT2D eigenvalue weighted by atomic mass is 9.96. The van der Waals surface area contributed by atoms with Crippen molar-refractivity contribution in [3.05, 3.63) is 144 Å². The standard InChI is InChI=1S/C41H36N4O2/c1-27-38(42-40(46)44(2)25-36-32-17-8-4-13-28(32)23-29-14-5-9-18-33(29)36)21-12-22-39(27)43-41(47)45(3)26-37-34-19-10-6-15-30(34)24-31-16-7-11-20-35(31)37/h4-24H,25-26H2,1-3H3,(H,42,46)(H,43,47). The third-order valence-corrected chi connectivity index (χ3v) is 9.07. The normalized spacial score (nSPS) is 11.2. The Morgan fingerprint density at radius 2 is 0.809 bits per heavy atom. The number of hydrogen-bond donors (Lipinski definition) is 2. The molecule has 0 unspecified atom stereocenters. The minimum absolute atomic E-state index is 0.228. The maximum atomic E-state index is 13.5. The highest BCUT2D eigenvalue weighted by Gasteiger charge is 2.18. The molecule has 4 amide bonds. The van der Waals surface area contributed by atoms with Crippen molar-refractivity contribution in [2.24, 2.45) is 0 Å². The van der Waals surface area contributed by atoms with Crippen LogP contribution in [0.1, 0.15) is 16.7 Å². The van der Waals surface area contributed by atoms with E-state index in [4.69, 9.17) is 0 Å². The molecule has 7 aromatic rings. The van der Waals surface area contributed by atoms with Gasteiger partial charge in [0, 0.05) is 38.6 Å². The van der Waals surface area contributed by atoms with Gasteiger partial charge in [-0.3, -0.25) is 0 Å². The molecule has 0 heterocycles. The predicted octanol–water partition coefficient (Wildman–Crippen LogP) is 9.94. The number of urea groups is 2. The first-order valence-electron chi connectivity index (χ1n) is 15.8. The Morgan fingerprint density at radius 1 is 0.489 bits per heavy atom. The van der Waals surface area contributed by atoms with Crippen molar-refractivity contribution in [3.63, 3.8) is 0 Å². The third kappa shape index (κ3) is 5.82. The van der Waals surface area contributed by atoms with Crippen LogP contribution in [0.4, 0.5) is 21.0 Å². The van der Waals surface area contributed by atoms with E-state index in [1.807, 2.05) is 73.7 Å². The molecule has 6 nitrogen and oxygen atoms in total. The molecule has 0 aliphatic rings. The van der Waals surface area contributed by atoms with Crippen LogP contribution in [0.15, 0.2) is 127 Å². The number of carbonyl (C=O) groups excluding carboxylic acids is 2. The Morgan fingerprint density at radius 3 is 1.15 bits per heavy atom. The van der Waals surface area contributed by atoms with Gasteiger partial charge in [-0.25, -0.2) is 9.59 Å². The molecule has 0 bridgehead atoms. The van der Waals surface area contributed by atoms with Crippen LogP contribution in [-0.2, 0) is 13.1 Å². The average Bonchev–Trinajstić information content (AvgIpc) is 3.09. The summed E-state index contributed by atoms with van der Waals surface area (Å²) in [6, 6.07) is 42.6. The summed E-state index contributed by atoms with van der Waals surface area (Å²) in [5, 5.41) is 15.3. The minimum atomic E-state index is -0.228. The molecule has 2 N–H and O–H groups in total. The first-order chi connectivity index (χ1) is 22.9. The number of fused-ring (bicyclic) bond motifs is 4. The fourth-order valence-corrected chi connectivity index (χ4v) is 6.50. The average molecular weight is 617 g/mol. The van der Waals surface area contributed by atoms with Crippen molar-refractivity contribution in [2.45, 2.75) is 20.0 Å². The smallest absolute Gasteiger partial charge is 0.321 e. The van der Waals surface area contributed by atoms with Gasteiger partial charge in [-0.1, -0.05) is 103 Å². The Labute approximate surface area is 274 Å². The SMILES string of the molecule is Cc1c(NC(=O)N(C)Cc2c3ccccc3cc3ccccc23)cccc1NC(=O)N(C)Cc1c2ccccc2cc2ccccc12. The second-order valence-electron chi connectivity index (χ2n) is 12.1. The molecule has 0 spiro atoms. The predicted molar refractivity (Wildman–Crippen MR) is 195 cm³/mol. The van der Waals surface area contributed by atoms with Crippen LogP contribution in [0, 0.1) is 6.92 Å². The van der Waals surface area contributed by atoms with Gasteiger partial charge in [0.1, 0.15) is 0 Å². The van der Waals surface area contributed by atoms with E-state index in [0.717, 1.165) is 59.8 Å². The molecule has 0 saturated heterocycles.